The summed E-state index contributed by atoms with van der Waals surface area (Å²) in [4.78, 5) is 39.5. The molecule has 4 aromatic rings. The summed E-state index contributed by atoms with van der Waals surface area (Å²) < 4.78 is 11.3. The van der Waals surface area contributed by atoms with Crippen LogP contribution in [0.5, 0.6) is 5.75 Å². The highest BCUT2D eigenvalue weighted by Gasteiger charge is 2.46. The molecule has 0 radical (unpaired) electrons. The Labute approximate surface area is 215 Å². The quantitative estimate of drug-likeness (QED) is 0.310. The van der Waals surface area contributed by atoms with E-state index in [9.17, 15) is 19.5 Å². The molecule has 8 nitrogen and oxygen atoms in total. The third-order valence-electron chi connectivity index (χ3n) is 6.16. The van der Waals surface area contributed by atoms with Crippen molar-refractivity contribution in [2.45, 2.75) is 12.5 Å². The molecule has 1 aliphatic heterocycles. The zero-order valence-corrected chi connectivity index (χ0v) is 20.2. The van der Waals surface area contributed by atoms with Crippen molar-refractivity contribution in [3.8, 4) is 5.75 Å². The standard InChI is InChI=1S/C28H20ClNO7/c1-36-21-5-3-2-4-19(21)25-24(26(33)22-14-16-13-17(29)8-11-20(16)37-22)27(34)28(35)30(25)18-9-6-15(7-10-18)12-23(31)32/h2-11,13-14,25,34H,12H2,1H3,(H,31,32). The molecule has 2 heterocycles. The molecular formula is C28H20ClNO7. The normalized spacial score (nSPS) is 15.5. The largest absolute Gasteiger partial charge is 0.503 e. The Hall–Kier alpha value is -4.56. The number of hydrogen-bond donors (Lipinski definition) is 2. The minimum Gasteiger partial charge on any atom is -0.503 e. The third kappa shape index (κ3) is 4.32. The number of Topliss-reactive ketones (excluding diaryl/α,β-unsaturated/α-hetero) is 1. The van der Waals surface area contributed by atoms with E-state index in [0.29, 0.717) is 38.6 Å². The van der Waals surface area contributed by atoms with Gasteiger partial charge in [-0.05, 0) is 48.0 Å². The van der Waals surface area contributed by atoms with Crippen LogP contribution >= 0.6 is 11.6 Å². The van der Waals surface area contributed by atoms with E-state index in [2.05, 4.69) is 0 Å². The number of aliphatic carboxylic acids is 1. The van der Waals surface area contributed by atoms with E-state index in [-0.39, 0.29) is 17.8 Å². The van der Waals surface area contributed by atoms with Crippen LogP contribution in [-0.4, -0.2) is 35.0 Å². The first-order valence-corrected chi connectivity index (χ1v) is 11.6. The fourth-order valence-electron chi connectivity index (χ4n) is 4.50. The zero-order valence-electron chi connectivity index (χ0n) is 19.5. The monoisotopic (exact) mass is 517 g/mol. The van der Waals surface area contributed by atoms with Crippen LogP contribution in [0, 0.1) is 0 Å². The van der Waals surface area contributed by atoms with Gasteiger partial charge in [-0.1, -0.05) is 41.9 Å². The number of ether oxygens (including phenoxy) is 1. The second-order valence-electron chi connectivity index (χ2n) is 8.44. The molecule has 1 aromatic heterocycles. The fraction of sp³-hybridized carbons (Fsp3) is 0.107. The molecule has 186 valence electrons. The molecule has 5 rings (SSSR count). The smallest absolute Gasteiger partial charge is 0.307 e. The van der Waals surface area contributed by atoms with Gasteiger partial charge < -0.3 is 19.4 Å². The number of furan rings is 1. The highest BCUT2D eigenvalue weighted by molar-refractivity contribution is 6.31. The molecule has 2 N–H and O–H groups in total. The molecule has 9 heteroatoms. The number of methoxy groups -OCH3 is 1. The molecule has 0 saturated heterocycles. The average Bonchev–Trinajstić information content (AvgIpc) is 3.42. The molecular weight excluding hydrogens is 498 g/mol. The van der Waals surface area contributed by atoms with Gasteiger partial charge in [0.1, 0.15) is 11.3 Å². The van der Waals surface area contributed by atoms with Crippen molar-refractivity contribution in [2.75, 3.05) is 12.0 Å². The lowest BCUT2D eigenvalue weighted by atomic mass is 9.94. The van der Waals surface area contributed by atoms with Crippen molar-refractivity contribution in [1.29, 1.82) is 0 Å². The number of carbonyl (C=O) groups excluding carboxylic acids is 2. The Kier molecular flexibility index (Phi) is 6.19. The zero-order chi connectivity index (χ0) is 26.3. The molecule has 0 aliphatic carbocycles. The highest BCUT2D eigenvalue weighted by Crippen LogP contribution is 2.45. The van der Waals surface area contributed by atoms with Crippen molar-refractivity contribution in [3.05, 3.63) is 106 Å². The van der Waals surface area contributed by atoms with E-state index in [0.717, 1.165) is 0 Å². The number of aliphatic hydroxyl groups excluding tert-OH is 1. The number of carboxylic acid groups (broad SMARTS) is 1. The highest BCUT2D eigenvalue weighted by atomic mass is 35.5. The summed E-state index contributed by atoms with van der Waals surface area (Å²) >= 11 is 6.07. The first kappa shape index (κ1) is 24.1. The van der Waals surface area contributed by atoms with E-state index in [1.54, 1.807) is 66.7 Å². The molecule has 0 fully saturated rings. The predicted molar refractivity (Wildman–Crippen MR) is 136 cm³/mol. The van der Waals surface area contributed by atoms with Gasteiger partial charge in [-0.2, -0.15) is 0 Å². The van der Waals surface area contributed by atoms with Crippen molar-refractivity contribution in [1.82, 2.24) is 0 Å². The van der Waals surface area contributed by atoms with Crippen molar-refractivity contribution in [3.63, 3.8) is 0 Å². The minimum absolute atomic E-state index is 0.0647. The summed E-state index contributed by atoms with van der Waals surface area (Å²) in [5.41, 5.74) is 1.62. The second-order valence-corrected chi connectivity index (χ2v) is 8.88. The van der Waals surface area contributed by atoms with Crippen LogP contribution in [0.25, 0.3) is 11.0 Å². The van der Waals surface area contributed by atoms with Crippen LogP contribution in [-0.2, 0) is 16.0 Å². The summed E-state index contributed by atoms with van der Waals surface area (Å²) in [5, 5.41) is 21.1. The Morgan fingerprint density at radius 3 is 2.49 bits per heavy atom. The number of para-hydroxylation sites is 1. The summed E-state index contributed by atoms with van der Waals surface area (Å²) in [6.45, 7) is 0. The number of amides is 1. The molecule has 1 unspecified atom stereocenters. The van der Waals surface area contributed by atoms with Gasteiger partial charge in [0.05, 0.1) is 25.1 Å². The number of halogens is 1. The van der Waals surface area contributed by atoms with E-state index < -0.39 is 29.5 Å². The SMILES string of the molecule is COc1ccccc1C1C(C(=O)c2cc3cc(Cl)ccc3o2)=C(O)C(=O)N1c1ccc(CC(=O)O)cc1. The number of anilines is 1. The lowest BCUT2D eigenvalue weighted by Gasteiger charge is -2.28. The molecule has 1 aliphatic rings. The van der Waals surface area contributed by atoms with Crippen LogP contribution in [0.1, 0.15) is 27.7 Å². The van der Waals surface area contributed by atoms with Gasteiger partial charge in [0.15, 0.2) is 11.5 Å². The summed E-state index contributed by atoms with van der Waals surface area (Å²) in [7, 11) is 1.47. The van der Waals surface area contributed by atoms with Gasteiger partial charge in [0.2, 0.25) is 5.78 Å². The van der Waals surface area contributed by atoms with Gasteiger partial charge in [0, 0.05) is 21.7 Å². The molecule has 0 saturated carbocycles. The number of hydrogen-bond acceptors (Lipinski definition) is 6. The fourth-order valence-corrected chi connectivity index (χ4v) is 4.68. The maximum atomic E-state index is 13.8. The summed E-state index contributed by atoms with van der Waals surface area (Å²) in [6.07, 6.45) is -0.187. The molecule has 37 heavy (non-hydrogen) atoms. The Balaban J connectivity index is 1.64. The average molecular weight is 518 g/mol. The van der Waals surface area contributed by atoms with Crippen molar-refractivity contribution < 1.29 is 33.8 Å². The van der Waals surface area contributed by atoms with E-state index >= 15 is 0 Å². The van der Waals surface area contributed by atoms with Crippen LogP contribution in [0.4, 0.5) is 5.69 Å². The number of ketones is 1. The molecule has 1 amide bonds. The minimum atomic E-state index is -1.04. The van der Waals surface area contributed by atoms with Crippen LogP contribution in [0.3, 0.4) is 0 Å². The maximum Gasteiger partial charge on any atom is 0.307 e. The topological polar surface area (TPSA) is 117 Å². The lowest BCUT2D eigenvalue weighted by molar-refractivity contribution is -0.136. The maximum absolute atomic E-state index is 13.8. The Morgan fingerprint density at radius 2 is 1.78 bits per heavy atom. The Morgan fingerprint density at radius 1 is 1.05 bits per heavy atom. The molecule has 3 aromatic carbocycles. The van der Waals surface area contributed by atoms with Gasteiger partial charge in [-0.25, -0.2) is 0 Å². The van der Waals surface area contributed by atoms with Crippen LogP contribution < -0.4 is 9.64 Å². The molecule has 0 spiro atoms. The lowest BCUT2D eigenvalue weighted by Crippen LogP contribution is -2.31. The number of benzene rings is 3. The first-order chi connectivity index (χ1) is 17.8. The van der Waals surface area contributed by atoms with Gasteiger partial charge in [-0.15, -0.1) is 0 Å². The van der Waals surface area contributed by atoms with Gasteiger partial charge >= 0.3 is 5.97 Å². The second kappa shape index (κ2) is 9.48. The van der Waals surface area contributed by atoms with Crippen molar-refractivity contribution in [2.24, 2.45) is 0 Å². The van der Waals surface area contributed by atoms with Crippen molar-refractivity contribution >= 4 is 45.9 Å². The first-order valence-electron chi connectivity index (χ1n) is 11.2. The van der Waals surface area contributed by atoms with E-state index in [1.165, 1.54) is 18.1 Å². The summed E-state index contributed by atoms with van der Waals surface area (Å²) in [5.74, 6) is -2.82. The number of aliphatic hydroxyl groups is 1. The van der Waals surface area contributed by atoms with Crippen LogP contribution in [0.2, 0.25) is 5.02 Å². The predicted octanol–water partition coefficient (Wildman–Crippen LogP) is 5.50. The van der Waals surface area contributed by atoms with Gasteiger partial charge in [0.25, 0.3) is 5.91 Å². The third-order valence-corrected chi connectivity index (χ3v) is 6.39. The molecule has 1 atom stereocenters. The Bertz CT molecular complexity index is 1590. The molecule has 0 bridgehead atoms. The number of rotatable bonds is 7. The summed E-state index contributed by atoms with van der Waals surface area (Å²) in [6, 6.07) is 18.5. The van der Waals surface area contributed by atoms with Gasteiger partial charge in [-0.3, -0.25) is 19.3 Å². The number of carbonyl (C=O) groups is 3. The number of nitrogens with zero attached hydrogens (tertiary/aromatic N) is 1. The number of carboxylic acids is 1. The van der Waals surface area contributed by atoms with E-state index in [1.807, 2.05) is 0 Å². The van der Waals surface area contributed by atoms with E-state index in [4.69, 9.17) is 25.9 Å². The van der Waals surface area contributed by atoms with Crippen LogP contribution in [0.15, 0.2) is 88.5 Å². The number of fused-ring (bicyclic) bond motifs is 1.